The maximum Gasteiger partial charge on any atom is 0.159 e. The number of hydrogen-bond donors (Lipinski definition) is 0. The molecule has 0 spiro atoms. The standard InChI is InChI=1S/C12H10Cl2N2/c1-8-5-11(7-13)16-12(15-8)9-3-2-4-10(14)6-9/h2-6H,7H2,1H3. The van der Waals surface area contributed by atoms with Crippen LogP contribution in [0, 0.1) is 6.92 Å². The third-order valence-corrected chi connectivity index (χ3v) is 2.64. The van der Waals surface area contributed by atoms with Crippen molar-refractivity contribution in [3.63, 3.8) is 0 Å². The lowest BCUT2D eigenvalue weighted by atomic mass is 10.2. The second kappa shape index (κ2) is 4.81. The van der Waals surface area contributed by atoms with Gasteiger partial charge in [0.05, 0.1) is 11.6 Å². The van der Waals surface area contributed by atoms with Crippen molar-refractivity contribution in [1.29, 1.82) is 0 Å². The average Bonchev–Trinajstić information content (AvgIpc) is 2.28. The number of benzene rings is 1. The zero-order valence-corrected chi connectivity index (χ0v) is 10.3. The molecule has 0 saturated heterocycles. The molecular formula is C12H10Cl2N2. The summed E-state index contributed by atoms with van der Waals surface area (Å²) in [6.07, 6.45) is 0. The number of aromatic nitrogens is 2. The third kappa shape index (κ3) is 2.52. The molecule has 1 aromatic carbocycles. The highest BCUT2D eigenvalue weighted by atomic mass is 35.5. The number of rotatable bonds is 2. The van der Waals surface area contributed by atoms with Crippen LogP contribution in [0.15, 0.2) is 30.3 Å². The quantitative estimate of drug-likeness (QED) is 0.760. The van der Waals surface area contributed by atoms with E-state index >= 15 is 0 Å². The zero-order valence-electron chi connectivity index (χ0n) is 8.74. The van der Waals surface area contributed by atoms with Crippen molar-refractivity contribution in [3.8, 4) is 11.4 Å². The number of halogens is 2. The molecule has 2 nitrogen and oxygen atoms in total. The molecule has 4 heteroatoms. The molecule has 1 heterocycles. The van der Waals surface area contributed by atoms with Gasteiger partial charge in [0.2, 0.25) is 0 Å². The topological polar surface area (TPSA) is 25.8 Å². The molecule has 0 N–H and O–H groups in total. The molecular weight excluding hydrogens is 243 g/mol. The summed E-state index contributed by atoms with van der Waals surface area (Å²) in [7, 11) is 0. The molecule has 0 aliphatic heterocycles. The van der Waals surface area contributed by atoms with Crippen molar-refractivity contribution in [3.05, 3.63) is 46.7 Å². The fraction of sp³-hybridized carbons (Fsp3) is 0.167. The molecule has 1 aromatic heterocycles. The van der Waals surface area contributed by atoms with Crippen molar-refractivity contribution in [2.75, 3.05) is 0 Å². The Morgan fingerprint density at radius 2 is 2.00 bits per heavy atom. The second-order valence-electron chi connectivity index (χ2n) is 3.47. The van der Waals surface area contributed by atoms with E-state index < -0.39 is 0 Å². The van der Waals surface area contributed by atoms with Gasteiger partial charge in [-0.3, -0.25) is 0 Å². The number of aryl methyl sites for hydroxylation is 1. The van der Waals surface area contributed by atoms with E-state index in [0.717, 1.165) is 17.0 Å². The van der Waals surface area contributed by atoms with Crippen molar-refractivity contribution in [2.45, 2.75) is 12.8 Å². The first-order valence-corrected chi connectivity index (χ1v) is 5.77. The Morgan fingerprint density at radius 1 is 1.19 bits per heavy atom. The van der Waals surface area contributed by atoms with Crippen LogP contribution >= 0.6 is 23.2 Å². The van der Waals surface area contributed by atoms with Gasteiger partial charge in [0.1, 0.15) is 0 Å². The maximum atomic E-state index is 5.93. The Kier molecular flexibility index (Phi) is 3.42. The molecule has 16 heavy (non-hydrogen) atoms. The predicted octanol–water partition coefficient (Wildman–Crippen LogP) is 3.84. The van der Waals surface area contributed by atoms with Crippen molar-refractivity contribution in [2.24, 2.45) is 0 Å². The summed E-state index contributed by atoms with van der Waals surface area (Å²) < 4.78 is 0. The Hall–Kier alpha value is -1.12. The van der Waals surface area contributed by atoms with E-state index in [1.807, 2.05) is 37.3 Å². The highest BCUT2D eigenvalue weighted by Crippen LogP contribution is 2.20. The van der Waals surface area contributed by atoms with E-state index in [1.54, 1.807) is 0 Å². The van der Waals surface area contributed by atoms with Gasteiger partial charge >= 0.3 is 0 Å². The average molecular weight is 253 g/mol. The summed E-state index contributed by atoms with van der Waals surface area (Å²) in [5.74, 6) is 1.05. The van der Waals surface area contributed by atoms with Crippen molar-refractivity contribution in [1.82, 2.24) is 9.97 Å². The molecule has 0 saturated carbocycles. The summed E-state index contributed by atoms with van der Waals surface area (Å²) >= 11 is 11.7. The van der Waals surface area contributed by atoms with Crippen molar-refractivity contribution >= 4 is 23.2 Å². The van der Waals surface area contributed by atoms with Crippen molar-refractivity contribution < 1.29 is 0 Å². The number of nitrogens with zero attached hydrogens (tertiary/aromatic N) is 2. The molecule has 0 fully saturated rings. The monoisotopic (exact) mass is 252 g/mol. The fourth-order valence-corrected chi connectivity index (χ4v) is 1.79. The van der Waals surface area contributed by atoms with Gasteiger partial charge in [0.15, 0.2) is 5.82 Å². The highest BCUT2D eigenvalue weighted by molar-refractivity contribution is 6.30. The smallest absolute Gasteiger partial charge is 0.159 e. The Labute approximate surface area is 104 Å². The van der Waals surface area contributed by atoms with Gasteiger partial charge in [0, 0.05) is 16.3 Å². The van der Waals surface area contributed by atoms with Crippen LogP contribution in [0.1, 0.15) is 11.4 Å². The van der Waals surface area contributed by atoms with Crippen LogP contribution in [0.4, 0.5) is 0 Å². The molecule has 0 unspecified atom stereocenters. The maximum absolute atomic E-state index is 5.93. The molecule has 0 aliphatic carbocycles. The largest absolute Gasteiger partial charge is 0.233 e. The molecule has 2 aromatic rings. The lowest BCUT2D eigenvalue weighted by molar-refractivity contribution is 1.05. The first-order chi connectivity index (χ1) is 7.69. The second-order valence-corrected chi connectivity index (χ2v) is 4.17. The van der Waals surface area contributed by atoms with Gasteiger partial charge in [-0.1, -0.05) is 23.7 Å². The lowest BCUT2D eigenvalue weighted by Crippen LogP contribution is -1.96. The Morgan fingerprint density at radius 3 is 2.69 bits per heavy atom. The molecule has 0 bridgehead atoms. The molecule has 2 rings (SSSR count). The van der Waals surface area contributed by atoms with E-state index in [9.17, 15) is 0 Å². The van der Waals surface area contributed by atoms with Crippen LogP contribution in [0.3, 0.4) is 0 Å². The van der Waals surface area contributed by atoms with E-state index in [0.29, 0.717) is 16.7 Å². The normalized spacial score (nSPS) is 10.4. The zero-order chi connectivity index (χ0) is 11.5. The van der Waals surface area contributed by atoms with Crippen LogP contribution in [-0.4, -0.2) is 9.97 Å². The number of hydrogen-bond acceptors (Lipinski definition) is 2. The minimum atomic E-state index is 0.386. The molecule has 0 atom stereocenters. The molecule has 82 valence electrons. The van der Waals surface area contributed by atoms with E-state index in [2.05, 4.69) is 9.97 Å². The fourth-order valence-electron chi connectivity index (χ4n) is 1.46. The van der Waals surface area contributed by atoms with Gasteiger partial charge in [-0.05, 0) is 25.1 Å². The first kappa shape index (κ1) is 11.4. The molecule has 0 amide bonds. The van der Waals surface area contributed by atoms with Gasteiger partial charge in [-0.2, -0.15) is 0 Å². The van der Waals surface area contributed by atoms with Gasteiger partial charge in [-0.25, -0.2) is 9.97 Å². The predicted molar refractivity (Wildman–Crippen MR) is 66.8 cm³/mol. The minimum absolute atomic E-state index is 0.386. The Balaban J connectivity index is 2.51. The van der Waals surface area contributed by atoms with Crippen LogP contribution < -0.4 is 0 Å². The van der Waals surface area contributed by atoms with E-state index in [1.165, 1.54) is 0 Å². The highest BCUT2D eigenvalue weighted by Gasteiger charge is 2.04. The van der Waals surface area contributed by atoms with E-state index in [4.69, 9.17) is 23.2 Å². The van der Waals surface area contributed by atoms with E-state index in [-0.39, 0.29) is 0 Å². The van der Waals surface area contributed by atoms with Gasteiger partial charge in [0.25, 0.3) is 0 Å². The summed E-state index contributed by atoms with van der Waals surface area (Å²) in [5.41, 5.74) is 2.63. The summed E-state index contributed by atoms with van der Waals surface area (Å²) in [6, 6.07) is 9.35. The van der Waals surface area contributed by atoms with Crippen LogP contribution in [0.25, 0.3) is 11.4 Å². The van der Waals surface area contributed by atoms with Crippen LogP contribution in [-0.2, 0) is 5.88 Å². The molecule has 0 radical (unpaired) electrons. The Bertz CT molecular complexity index is 512. The summed E-state index contributed by atoms with van der Waals surface area (Å²) in [4.78, 5) is 8.73. The summed E-state index contributed by atoms with van der Waals surface area (Å²) in [6.45, 7) is 1.92. The molecule has 0 aliphatic rings. The minimum Gasteiger partial charge on any atom is -0.233 e. The summed E-state index contributed by atoms with van der Waals surface area (Å²) in [5, 5.41) is 0.676. The van der Waals surface area contributed by atoms with Gasteiger partial charge < -0.3 is 0 Å². The third-order valence-electron chi connectivity index (χ3n) is 2.13. The van der Waals surface area contributed by atoms with Crippen LogP contribution in [0.5, 0.6) is 0 Å². The number of alkyl halides is 1. The first-order valence-electron chi connectivity index (χ1n) is 4.85. The lowest BCUT2D eigenvalue weighted by Gasteiger charge is -2.04. The van der Waals surface area contributed by atoms with Gasteiger partial charge in [-0.15, -0.1) is 11.6 Å². The SMILES string of the molecule is Cc1cc(CCl)nc(-c2cccc(Cl)c2)n1. The van der Waals surface area contributed by atoms with Crippen LogP contribution in [0.2, 0.25) is 5.02 Å².